The Bertz CT molecular complexity index is 621. The molecule has 1 aromatic rings. The van der Waals surface area contributed by atoms with Gasteiger partial charge in [-0.05, 0) is 33.8 Å². The summed E-state index contributed by atoms with van der Waals surface area (Å²) in [5.41, 5.74) is -0.887. The quantitative estimate of drug-likeness (QED) is 0.688. The Morgan fingerprint density at radius 3 is 2.58 bits per heavy atom. The van der Waals surface area contributed by atoms with E-state index < -0.39 is 29.7 Å². The first-order valence-electron chi connectivity index (χ1n) is 7.69. The number of aliphatic hydroxyl groups is 1. The second kappa shape index (κ2) is 8.49. The van der Waals surface area contributed by atoms with Crippen molar-refractivity contribution >= 4 is 12.0 Å². The van der Waals surface area contributed by atoms with Gasteiger partial charge in [-0.2, -0.15) is 0 Å². The van der Waals surface area contributed by atoms with Crippen LogP contribution in [0.25, 0.3) is 0 Å². The Morgan fingerprint density at radius 1 is 1.33 bits per heavy atom. The van der Waals surface area contributed by atoms with E-state index in [2.05, 4.69) is 10.6 Å². The monoisotopic (exact) mass is 339 g/mol. The van der Waals surface area contributed by atoms with Gasteiger partial charge in [-0.15, -0.1) is 0 Å². The van der Waals surface area contributed by atoms with Crippen LogP contribution in [0, 0.1) is 0 Å². The number of ether oxygens (including phenoxy) is 1. The molecule has 0 aliphatic carbocycles. The number of alkyl carbamates (subject to hydrolysis) is 1. The van der Waals surface area contributed by atoms with Crippen molar-refractivity contribution in [2.24, 2.45) is 0 Å². The van der Waals surface area contributed by atoms with Gasteiger partial charge in [-0.3, -0.25) is 9.59 Å². The van der Waals surface area contributed by atoms with Crippen molar-refractivity contribution in [3.8, 4) is 0 Å². The average Bonchev–Trinajstić information content (AvgIpc) is 2.45. The van der Waals surface area contributed by atoms with Crippen LogP contribution in [0.5, 0.6) is 0 Å². The zero-order valence-electron chi connectivity index (χ0n) is 14.4. The summed E-state index contributed by atoms with van der Waals surface area (Å²) in [6.07, 6.45) is -0.0654. The number of carbonyl (C=O) groups excluding carboxylic acids is 2. The molecule has 2 amide bonds. The van der Waals surface area contributed by atoms with E-state index in [1.165, 1.54) is 17.6 Å². The van der Waals surface area contributed by atoms with E-state index in [0.29, 0.717) is 0 Å². The summed E-state index contributed by atoms with van der Waals surface area (Å²) in [6, 6.07) is 3.86. The van der Waals surface area contributed by atoms with Gasteiger partial charge in [0, 0.05) is 18.8 Å². The topological polar surface area (TPSA) is 110 Å². The molecule has 0 radical (unpaired) electrons. The van der Waals surface area contributed by atoms with Crippen LogP contribution in [0.15, 0.2) is 29.2 Å². The SMILES string of the molecule is CC(NC(=O)OC(C)(C)C)C(=O)NCC(O)Cn1ccccc1=O. The predicted molar refractivity (Wildman–Crippen MR) is 88.6 cm³/mol. The molecule has 0 saturated heterocycles. The lowest BCUT2D eigenvalue weighted by Crippen LogP contribution is -2.48. The van der Waals surface area contributed by atoms with Gasteiger partial charge in [-0.1, -0.05) is 6.07 Å². The number of nitrogens with zero attached hydrogens (tertiary/aromatic N) is 1. The maximum Gasteiger partial charge on any atom is 0.408 e. The lowest BCUT2D eigenvalue weighted by Gasteiger charge is -2.22. The summed E-state index contributed by atoms with van der Waals surface area (Å²) < 4.78 is 6.41. The molecule has 2 atom stereocenters. The number of aromatic nitrogens is 1. The minimum Gasteiger partial charge on any atom is -0.444 e. The normalized spacial score (nSPS) is 13.7. The third kappa shape index (κ3) is 7.28. The number of carbonyl (C=O) groups is 2. The first-order valence-corrected chi connectivity index (χ1v) is 7.69. The molecule has 0 aliphatic heterocycles. The number of rotatable bonds is 6. The van der Waals surface area contributed by atoms with Crippen LogP contribution in [-0.2, 0) is 16.1 Å². The average molecular weight is 339 g/mol. The first-order chi connectivity index (χ1) is 11.1. The Labute approximate surface area is 140 Å². The Balaban J connectivity index is 2.40. The van der Waals surface area contributed by atoms with Gasteiger partial charge >= 0.3 is 6.09 Å². The van der Waals surface area contributed by atoms with Gasteiger partial charge in [-0.25, -0.2) is 4.79 Å². The van der Waals surface area contributed by atoms with Crippen molar-refractivity contribution in [2.75, 3.05) is 6.54 Å². The molecular formula is C16H25N3O5. The number of nitrogens with one attached hydrogen (secondary N) is 2. The second-order valence-electron chi connectivity index (χ2n) is 6.46. The summed E-state index contributed by atoms with van der Waals surface area (Å²) in [5, 5.41) is 14.8. The number of amides is 2. The van der Waals surface area contributed by atoms with Crippen LogP contribution < -0.4 is 16.2 Å². The third-order valence-electron chi connectivity index (χ3n) is 2.94. The highest BCUT2D eigenvalue weighted by molar-refractivity contribution is 5.85. The first kappa shape index (κ1) is 19.7. The zero-order chi connectivity index (χ0) is 18.3. The Kier molecular flexibility index (Phi) is 6.97. The van der Waals surface area contributed by atoms with E-state index >= 15 is 0 Å². The summed E-state index contributed by atoms with van der Waals surface area (Å²) in [5.74, 6) is -0.458. The second-order valence-corrected chi connectivity index (χ2v) is 6.46. The molecule has 1 rings (SSSR count). The van der Waals surface area contributed by atoms with Crippen molar-refractivity contribution in [3.63, 3.8) is 0 Å². The zero-order valence-corrected chi connectivity index (χ0v) is 14.4. The van der Waals surface area contributed by atoms with Crippen molar-refractivity contribution < 1.29 is 19.4 Å². The summed E-state index contributed by atoms with van der Waals surface area (Å²) in [4.78, 5) is 35.0. The summed E-state index contributed by atoms with van der Waals surface area (Å²) >= 11 is 0. The van der Waals surface area contributed by atoms with Crippen LogP contribution in [0.4, 0.5) is 4.79 Å². The standard InChI is InChI=1S/C16H25N3O5/c1-11(18-15(23)24-16(2,3)4)14(22)17-9-12(20)10-19-8-6-5-7-13(19)21/h5-8,11-12,20H,9-10H2,1-4H3,(H,17,22)(H,18,23). The van der Waals surface area contributed by atoms with Crippen molar-refractivity contribution in [2.45, 2.75) is 52.0 Å². The lowest BCUT2D eigenvalue weighted by atomic mass is 10.2. The summed E-state index contributed by atoms with van der Waals surface area (Å²) in [6.45, 7) is 6.69. The molecule has 0 aliphatic rings. The van der Waals surface area contributed by atoms with Gasteiger partial charge in [0.25, 0.3) is 5.56 Å². The fraction of sp³-hybridized carbons (Fsp3) is 0.562. The minimum absolute atomic E-state index is 0.0412. The smallest absolute Gasteiger partial charge is 0.408 e. The lowest BCUT2D eigenvalue weighted by molar-refractivity contribution is -0.123. The fourth-order valence-electron chi connectivity index (χ4n) is 1.82. The van der Waals surface area contributed by atoms with E-state index in [-0.39, 0.29) is 18.6 Å². The number of hydrogen-bond donors (Lipinski definition) is 3. The summed E-state index contributed by atoms with van der Waals surface area (Å²) in [7, 11) is 0. The van der Waals surface area contributed by atoms with E-state index in [4.69, 9.17) is 4.74 Å². The number of aliphatic hydroxyl groups excluding tert-OH is 1. The molecule has 8 nitrogen and oxygen atoms in total. The Hall–Kier alpha value is -2.35. The highest BCUT2D eigenvalue weighted by Crippen LogP contribution is 2.06. The molecule has 2 unspecified atom stereocenters. The van der Waals surface area contributed by atoms with Crippen LogP contribution in [0.3, 0.4) is 0 Å². The minimum atomic E-state index is -0.928. The van der Waals surface area contributed by atoms with Gasteiger partial charge in [0.2, 0.25) is 5.91 Å². The maximum atomic E-state index is 11.9. The van der Waals surface area contributed by atoms with Gasteiger partial charge in [0.15, 0.2) is 0 Å². The van der Waals surface area contributed by atoms with Gasteiger partial charge in [0.05, 0.1) is 12.6 Å². The molecule has 0 aromatic carbocycles. The molecule has 0 bridgehead atoms. The van der Waals surface area contributed by atoms with Crippen molar-refractivity contribution in [3.05, 3.63) is 34.7 Å². The van der Waals surface area contributed by atoms with Crippen molar-refractivity contribution in [1.82, 2.24) is 15.2 Å². The molecule has 1 aromatic heterocycles. The maximum absolute atomic E-state index is 11.9. The Morgan fingerprint density at radius 2 is 2.00 bits per heavy atom. The molecule has 0 spiro atoms. The van der Waals surface area contributed by atoms with Gasteiger partial charge < -0.3 is 25.0 Å². The van der Waals surface area contributed by atoms with E-state index in [0.717, 1.165) is 0 Å². The molecular weight excluding hydrogens is 314 g/mol. The van der Waals surface area contributed by atoms with E-state index in [1.54, 1.807) is 39.1 Å². The number of pyridine rings is 1. The molecule has 3 N–H and O–H groups in total. The van der Waals surface area contributed by atoms with E-state index in [1.807, 2.05) is 0 Å². The van der Waals surface area contributed by atoms with Crippen molar-refractivity contribution in [1.29, 1.82) is 0 Å². The highest BCUT2D eigenvalue weighted by Gasteiger charge is 2.21. The van der Waals surface area contributed by atoms with Crippen LogP contribution in [0.2, 0.25) is 0 Å². The molecule has 1 heterocycles. The fourth-order valence-corrected chi connectivity index (χ4v) is 1.82. The van der Waals surface area contributed by atoms with Crippen LogP contribution in [-0.4, -0.2) is 46.0 Å². The van der Waals surface area contributed by atoms with Crippen LogP contribution in [0.1, 0.15) is 27.7 Å². The van der Waals surface area contributed by atoms with Gasteiger partial charge in [0.1, 0.15) is 11.6 Å². The predicted octanol–water partition coefficient (Wildman–Crippen LogP) is 0.239. The number of hydrogen-bond acceptors (Lipinski definition) is 5. The highest BCUT2D eigenvalue weighted by atomic mass is 16.6. The molecule has 0 fully saturated rings. The van der Waals surface area contributed by atoms with E-state index in [9.17, 15) is 19.5 Å². The molecule has 24 heavy (non-hydrogen) atoms. The third-order valence-corrected chi connectivity index (χ3v) is 2.94. The molecule has 134 valence electrons. The largest absolute Gasteiger partial charge is 0.444 e. The van der Waals surface area contributed by atoms with Crippen LogP contribution >= 0.6 is 0 Å². The molecule has 0 saturated carbocycles. The molecule has 8 heteroatoms.